The monoisotopic (exact) mass is 279 g/mol. The summed E-state index contributed by atoms with van der Waals surface area (Å²) in [6, 6.07) is 3.65. The van der Waals surface area contributed by atoms with Crippen LogP contribution >= 0.6 is 11.6 Å². The molecule has 0 aliphatic rings. The summed E-state index contributed by atoms with van der Waals surface area (Å²) in [6.45, 7) is 1.93. The Bertz CT molecular complexity index is 686. The average molecular weight is 280 g/mol. The molecule has 2 rings (SSSR count). The molecule has 0 unspecified atom stereocenters. The van der Waals surface area contributed by atoms with Crippen LogP contribution in [0.4, 0.5) is 0 Å². The normalized spacial score (nSPS) is 11.4. The van der Waals surface area contributed by atoms with Gasteiger partial charge in [0.1, 0.15) is 5.75 Å². The van der Waals surface area contributed by atoms with Crippen LogP contribution in [-0.4, -0.2) is 22.8 Å². The molecule has 0 aliphatic heterocycles. The summed E-state index contributed by atoms with van der Waals surface area (Å²) in [6.07, 6.45) is 2.72. The molecule has 19 heavy (non-hydrogen) atoms. The summed E-state index contributed by atoms with van der Waals surface area (Å²) in [7, 11) is 3.47. The first-order valence-corrected chi connectivity index (χ1v) is 6.07. The fourth-order valence-electron chi connectivity index (χ4n) is 2.11. The molecule has 0 saturated heterocycles. The SMILES string of the molecule is COc1cc2c(/C=C/C(=O)O)c(C)n(C)c2cc1Cl. The van der Waals surface area contributed by atoms with Gasteiger partial charge < -0.3 is 14.4 Å². The van der Waals surface area contributed by atoms with E-state index in [-0.39, 0.29) is 0 Å². The van der Waals surface area contributed by atoms with Crippen molar-refractivity contribution in [1.29, 1.82) is 0 Å². The third-order valence-corrected chi connectivity index (χ3v) is 3.50. The minimum Gasteiger partial charge on any atom is -0.495 e. The highest BCUT2D eigenvalue weighted by molar-refractivity contribution is 6.33. The van der Waals surface area contributed by atoms with Crippen molar-refractivity contribution in [3.8, 4) is 5.75 Å². The molecular weight excluding hydrogens is 266 g/mol. The van der Waals surface area contributed by atoms with Gasteiger partial charge in [-0.05, 0) is 25.1 Å². The lowest BCUT2D eigenvalue weighted by Gasteiger charge is -2.04. The highest BCUT2D eigenvalue weighted by atomic mass is 35.5. The molecule has 0 bridgehead atoms. The molecule has 2 aromatic rings. The van der Waals surface area contributed by atoms with Crippen LogP contribution in [0.25, 0.3) is 17.0 Å². The Balaban J connectivity index is 2.76. The van der Waals surface area contributed by atoms with Crippen LogP contribution in [0.1, 0.15) is 11.3 Å². The van der Waals surface area contributed by atoms with Crippen molar-refractivity contribution in [1.82, 2.24) is 4.57 Å². The van der Waals surface area contributed by atoms with Crippen molar-refractivity contribution in [3.63, 3.8) is 0 Å². The number of fused-ring (bicyclic) bond motifs is 1. The number of aliphatic carboxylic acids is 1. The van der Waals surface area contributed by atoms with Crippen molar-refractivity contribution in [2.45, 2.75) is 6.92 Å². The number of benzene rings is 1. The molecule has 4 nitrogen and oxygen atoms in total. The number of aromatic nitrogens is 1. The van der Waals surface area contributed by atoms with Crippen molar-refractivity contribution >= 4 is 34.5 Å². The zero-order valence-corrected chi connectivity index (χ0v) is 11.7. The zero-order chi connectivity index (χ0) is 14.2. The van der Waals surface area contributed by atoms with Gasteiger partial charge in [0.05, 0.1) is 17.6 Å². The lowest BCUT2D eigenvalue weighted by molar-refractivity contribution is -0.131. The first-order valence-electron chi connectivity index (χ1n) is 5.69. The van der Waals surface area contributed by atoms with E-state index >= 15 is 0 Å². The first kappa shape index (κ1) is 13.5. The predicted octanol–water partition coefficient (Wildman–Crippen LogP) is 3.25. The van der Waals surface area contributed by atoms with E-state index < -0.39 is 5.97 Å². The van der Waals surface area contributed by atoms with Gasteiger partial charge in [0, 0.05) is 29.8 Å². The van der Waals surface area contributed by atoms with Gasteiger partial charge in [0.25, 0.3) is 0 Å². The number of hydrogen-bond donors (Lipinski definition) is 1. The molecular formula is C14H14ClNO3. The number of rotatable bonds is 3. The molecule has 5 heteroatoms. The van der Waals surface area contributed by atoms with Gasteiger partial charge >= 0.3 is 5.97 Å². The number of nitrogens with zero attached hydrogens (tertiary/aromatic N) is 1. The second kappa shape index (κ2) is 4.97. The Morgan fingerprint density at radius 2 is 2.16 bits per heavy atom. The van der Waals surface area contributed by atoms with Crippen LogP contribution in [0.3, 0.4) is 0 Å². The molecule has 0 saturated carbocycles. The van der Waals surface area contributed by atoms with Crippen molar-refractivity contribution in [2.24, 2.45) is 7.05 Å². The quantitative estimate of drug-likeness (QED) is 0.878. The molecule has 0 atom stereocenters. The Labute approximate surface area is 115 Å². The molecule has 0 fully saturated rings. The zero-order valence-electron chi connectivity index (χ0n) is 10.9. The summed E-state index contributed by atoms with van der Waals surface area (Å²) in [5, 5.41) is 10.2. The standard InChI is InChI=1S/C14H14ClNO3/c1-8-9(4-5-14(17)18)10-6-13(19-3)11(15)7-12(10)16(8)2/h4-7H,1-3H3,(H,17,18)/b5-4+. The fourth-order valence-corrected chi connectivity index (χ4v) is 2.35. The topological polar surface area (TPSA) is 51.5 Å². The minimum absolute atomic E-state index is 0.532. The van der Waals surface area contributed by atoms with E-state index in [9.17, 15) is 4.79 Å². The lowest BCUT2D eigenvalue weighted by atomic mass is 10.1. The van der Waals surface area contributed by atoms with Gasteiger partial charge in [0.2, 0.25) is 0 Å². The number of methoxy groups -OCH3 is 1. The molecule has 100 valence electrons. The number of carboxylic acids is 1. The van der Waals surface area contributed by atoms with E-state index in [1.54, 1.807) is 13.2 Å². The number of hydrogen-bond acceptors (Lipinski definition) is 2. The van der Waals surface area contributed by atoms with E-state index in [0.29, 0.717) is 10.8 Å². The van der Waals surface area contributed by atoms with E-state index in [2.05, 4.69) is 0 Å². The van der Waals surface area contributed by atoms with Gasteiger partial charge in [-0.25, -0.2) is 4.79 Å². The van der Waals surface area contributed by atoms with Crippen LogP contribution in [0.2, 0.25) is 5.02 Å². The summed E-state index contributed by atoms with van der Waals surface area (Å²) < 4.78 is 7.18. The molecule has 0 amide bonds. The van der Waals surface area contributed by atoms with Crippen LogP contribution in [0.5, 0.6) is 5.75 Å². The first-order chi connectivity index (χ1) is 8.95. The van der Waals surface area contributed by atoms with Crippen molar-refractivity contribution in [3.05, 3.63) is 34.5 Å². The van der Waals surface area contributed by atoms with Crippen LogP contribution in [-0.2, 0) is 11.8 Å². The van der Waals surface area contributed by atoms with Crippen LogP contribution < -0.4 is 4.74 Å². The molecule has 1 N–H and O–H groups in total. The second-order valence-electron chi connectivity index (χ2n) is 4.23. The Morgan fingerprint density at radius 3 is 2.74 bits per heavy atom. The van der Waals surface area contributed by atoms with E-state index in [1.807, 2.05) is 30.7 Å². The third-order valence-electron chi connectivity index (χ3n) is 3.21. The maximum absolute atomic E-state index is 10.7. The maximum Gasteiger partial charge on any atom is 0.328 e. The fraction of sp³-hybridized carbons (Fsp3) is 0.214. The highest BCUT2D eigenvalue weighted by Crippen LogP contribution is 2.34. The van der Waals surface area contributed by atoms with Gasteiger partial charge in [-0.15, -0.1) is 0 Å². The number of halogens is 1. The molecule has 1 aromatic carbocycles. The highest BCUT2D eigenvalue weighted by Gasteiger charge is 2.13. The second-order valence-corrected chi connectivity index (χ2v) is 4.64. The number of carboxylic acid groups (broad SMARTS) is 1. The van der Waals surface area contributed by atoms with Gasteiger partial charge in [-0.3, -0.25) is 0 Å². The summed E-state index contributed by atoms with van der Waals surface area (Å²) >= 11 is 6.11. The van der Waals surface area contributed by atoms with Crippen molar-refractivity contribution in [2.75, 3.05) is 7.11 Å². The summed E-state index contributed by atoms with van der Waals surface area (Å²) in [4.78, 5) is 10.7. The van der Waals surface area contributed by atoms with E-state index in [0.717, 1.165) is 28.2 Å². The Kier molecular flexibility index (Phi) is 3.53. The lowest BCUT2D eigenvalue weighted by Crippen LogP contribution is -1.91. The minimum atomic E-state index is -0.975. The molecule has 0 radical (unpaired) electrons. The molecule has 0 aliphatic carbocycles. The van der Waals surface area contributed by atoms with Crippen LogP contribution in [0.15, 0.2) is 18.2 Å². The molecule has 1 heterocycles. The van der Waals surface area contributed by atoms with E-state index in [4.69, 9.17) is 21.4 Å². The van der Waals surface area contributed by atoms with Crippen LogP contribution in [0, 0.1) is 6.92 Å². The number of aryl methyl sites for hydroxylation is 1. The van der Waals surface area contributed by atoms with E-state index in [1.165, 1.54) is 0 Å². The largest absolute Gasteiger partial charge is 0.495 e. The maximum atomic E-state index is 10.7. The van der Waals surface area contributed by atoms with Gasteiger partial charge in [-0.1, -0.05) is 11.6 Å². The smallest absolute Gasteiger partial charge is 0.328 e. The Morgan fingerprint density at radius 1 is 1.47 bits per heavy atom. The molecule has 0 spiro atoms. The Hall–Kier alpha value is -1.94. The third kappa shape index (κ3) is 2.31. The number of carbonyl (C=O) groups is 1. The van der Waals surface area contributed by atoms with Crippen molar-refractivity contribution < 1.29 is 14.6 Å². The van der Waals surface area contributed by atoms with Gasteiger partial charge in [0.15, 0.2) is 0 Å². The molecule has 1 aromatic heterocycles. The predicted molar refractivity (Wildman–Crippen MR) is 75.9 cm³/mol. The summed E-state index contributed by atoms with van der Waals surface area (Å²) in [5.74, 6) is -0.401. The summed E-state index contributed by atoms with van der Waals surface area (Å²) in [5.41, 5.74) is 2.76. The number of ether oxygens (including phenoxy) is 1. The average Bonchev–Trinajstić information content (AvgIpc) is 2.59. The van der Waals surface area contributed by atoms with Gasteiger partial charge in [-0.2, -0.15) is 0 Å².